The van der Waals surface area contributed by atoms with Crippen molar-refractivity contribution in [1.82, 2.24) is 10.2 Å². The standard InChI is InChI=1S/C14H25N3O/c1-3-18-13-5-8-17(9-6-13)12-4-7-14(10-12,11-15)16-2/h12-13,16H,3-10H2,1-2H3. The Kier molecular flexibility index (Phi) is 4.60. The van der Waals surface area contributed by atoms with E-state index < -0.39 is 0 Å². The summed E-state index contributed by atoms with van der Waals surface area (Å²) < 4.78 is 5.69. The molecule has 2 unspecified atom stereocenters. The summed E-state index contributed by atoms with van der Waals surface area (Å²) in [6.07, 6.45) is 5.84. The van der Waals surface area contributed by atoms with Crippen LogP contribution in [0.15, 0.2) is 0 Å². The summed E-state index contributed by atoms with van der Waals surface area (Å²) in [5, 5.41) is 12.5. The third-order valence-electron chi connectivity index (χ3n) is 4.58. The Labute approximate surface area is 110 Å². The van der Waals surface area contributed by atoms with Crippen LogP contribution >= 0.6 is 0 Å². The van der Waals surface area contributed by atoms with E-state index >= 15 is 0 Å². The van der Waals surface area contributed by atoms with E-state index in [1.165, 1.54) is 0 Å². The summed E-state index contributed by atoms with van der Waals surface area (Å²) in [4.78, 5) is 2.56. The SMILES string of the molecule is CCOC1CCN(C2CCC(C#N)(NC)C2)CC1. The van der Waals surface area contributed by atoms with Crippen LogP contribution in [0.4, 0.5) is 0 Å². The fraction of sp³-hybridized carbons (Fsp3) is 0.929. The molecule has 4 nitrogen and oxygen atoms in total. The third-order valence-corrected chi connectivity index (χ3v) is 4.58. The van der Waals surface area contributed by atoms with Gasteiger partial charge in [0, 0.05) is 25.7 Å². The average Bonchev–Trinajstić information content (AvgIpc) is 2.85. The average molecular weight is 251 g/mol. The molecule has 1 heterocycles. The predicted octanol–water partition coefficient (Wildman–Crippen LogP) is 1.52. The lowest BCUT2D eigenvalue weighted by atomic mass is 9.99. The molecule has 2 fully saturated rings. The molecule has 0 radical (unpaired) electrons. The van der Waals surface area contributed by atoms with Gasteiger partial charge in [-0.05, 0) is 46.1 Å². The highest BCUT2D eigenvalue weighted by molar-refractivity contribution is 5.13. The zero-order valence-corrected chi connectivity index (χ0v) is 11.6. The molecular formula is C14H25N3O. The molecular weight excluding hydrogens is 226 g/mol. The summed E-state index contributed by atoms with van der Waals surface area (Å²) >= 11 is 0. The smallest absolute Gasteiger partial charge is 0.108 e. The number of hydrogen-bond acceptors (Lipinski definition) is 4. The Morgan fingerprint density at radius 2 is 2.11 bits per heavy atom. The topological polar surface area (TPSA) is 48.3 Å². The van der Waals surface area contributed by atoms with E-state index in [2.05, 4.69) is 23.2 Å². The molecule has 1 aliphatic carbocycles. The minimum Gasteiger partial charge on any atom is -0.378 e. The number of ether oxygens (including phenoxy) is 1. The van der Waals surface area contributed by atoms with Crippen molar-refractivity contribution in [2.24, 2.45) is 0 Å². The first kappa shape index (κ1) is 13.8. The number of nitrogens with zero attached hydrogens (tertiary/aromatic N) is 2. The van der Waals surface area contributed by atoms with Crippen LogP contribution in [0.25, 0.3) is 0 Å². The van der Waals surface area contributed by atoms with Crippen LogP contribution in [0.1, 0.15) is 39.0 Å². The fourth-order valence-corrected chi connectivity index (χ4v) is 3.36. The Morgan fingerprint density at radius 3 is 2.61 bits per heavy atom. The van der Waals surface area contributed by atoms with Gasteiger partial charge in [0.1, 0.15) is 5.54 Å². The highest BCUT2D eigenvalue weighted by atomic mass is 16.5. The molecule has 0 aromatic heterocycles. The maximum atomic E-state index is 9.29. The van der Waals surface area contributed by atoms with Gasteiger partial charge in [0.05, 0.1) is 12.2 Å². The van der Waals surface area contributed by atoms with Gasteiger partial charge < -0.3 is 15.0 Å². The van der Waals surface area contributed by atoms with Gasteiger partial charge in [-0.25, -0.2) is 0 Å². The summed E-state index contributed by atoms with van der Waals surface area (Å²) in [5.74, 6) is 0. The number of piperidine rings is 1. The number of likely N-dealkylation sites (tertiary alicyclic amines) is 1. The number of hydrogen-bond donors (Lipinski definition) is 1. The van der Waals surface area contributed by atoms with E-state index in [0.717, 1.165) is 51.8 Å². The lowest BCUT2D eigenvalue weighted by molar-refractivity contribution is 0.00419. The summed E-state index contributed by atoms with van der Waals surface area (Å²) in [7, 11) is 1.91. The van der Waals surface area contributed by atoms with Crippen molar-refractivity contribution in [3.8, 4) is 6.07 Å². The molecule has 1 aliphatic heterocycles. The van der Waals surface area contributed by atoms with E-state index in [4.69, 9.17) is 4.74 Å². The summed E-state index contributed by atoms with van der Waals surface area (Å²) in [6, 6.07) is 3.05. The molecule has 2 rings (SSSR count). The maximum Gasteiger partial charge on any atom is 0.108 e. The molecule has 2 aliphatic rings. The van der Waals surface area contributed by atoms with Crippen LogP contribution < -0.4 is 5.32 Å². The monoisotopic (exact) mass is 251 g/mol. The highest BCUT2D eigenvalue weighted by Gasteiger charge is 2.41. The first-order valence-corrected chi connectivity index (χ1v) is 7.19. The zero-order valence-electron chi connectivity index (χ0n) is 11.6. The third kappa shape index (κ3) is 2.85. The van der Waals surface area contributed by atoms with Crippen molar-refractivity contribution in [2.75, 3.05) is 26.7 Å². The molecule has 2 atom stereocenters. The second-order valence-electron chi connectivity index (χ2n) is 5.53. The minimum absolute atomic E-state index is 0.276. The van der Waals surface area contributed by atoms with Crippen molar-refractivity contribution in [3.63, 3.8) is 0 Å². The lowest BCUT2D eigenvalue weighted by Crippen LogP contribution is -2.45. The molecule has 0 amide bonds. The Balaban J connectivity index is 1.83. The Hall–Kier alpha value is -0.630. The maximum absolute atomic E-state index is 9.29. The predicted molar refractivity (Wildman–Crippen MR) is 71.3 cm³/mol. The Morgan fingerprint density at radius 1 is 1.39 bits per heavy atom. The number of nitriles is 1. The first-order valence-electron chi connectivity index (χ1n) is 7.19. The zero-order chi connectivity index (χ0) is 13.0. The van der Waals surface area contributed by atoms with E-state index in [9.17, 15) is 5.26 Å². The van der Waals surface area contributed by atoms with Gasteiger partial charge in [-0.15, -0.1) is 0 Å². The van der Waals surface area contributed by atoms with Gasteiger partial charge >= 0.3 is 0 Å². The van der Waals surface area contributed by atoms with Crippen molar-refractivity contribution in [3.05, 3.63) is 0 Å². The molecule has 102 valence electrons. The van der Waals surface area contributed by atoms with Crippen molar-refractivity contribution < 1.29 is 4.74 Å². The van der Waals surface area contributed by atoms with E-state index in [1.54, 1.807) is 0 Å². The second-order valence-corrected chi connectivity index (χ2v) is 5.53. The van der Waals surface area contributed by atoms with Gasteiger partial charge in [0.2, 0.25) is 0 Å². The largest absolute Gasteiger partial charge is 0.378 e. The second kappa shape index (κ2) is 6.01. The molecule has 4 heteroatoms. The van der Waals surface area contributed by atoms with Gasteiger partial charge in [0.25, 0.3) is 0 Å². The van der Waals surface area contributed by atoms with Gasteiger partial charge in [0.15, 0.2) is 0 Å². The van der Waals surface area contributed by atoms with Crippen LogP contribution in [0.5, 0.6) is 0 Å². The number of nitrogens with one attached hydrogen (secondary N) is 1. The Bertz CT molecular complexity index is 307. The van der Waals surface area contributed by atoms with E-state index in [-0.39, 0.29) is 5.54 Å². The van der Waals surface area contributed by atoms with E-state index in [0.29, 0.717) is 12.1 Å². The van der Waals surface area contributed by atoms with Gasteiger partial charge in [-0.3, -0.25) is 0 Å². The highest BCUT2D eigenvalue weighted by Crippen LogP contribution is 2.33. The molecule has 0 spiro atoms. The van der Waals surface area contributed by atoms with Crippen molar-refractivity contribution in [1.29, 1.82) is 5.26 Å². The molecule has 0 aromatic carbocycles. The lowest BCUT2D eigenvalue weighted by Gasteiger charge is -2.36. The van der Waals surface area contributed by atoms with Gasteiger partial charge in [-0.1, -0.05) is 0 Å². The van der Waals surface area contributed by atoms with Crippen LogP contribution in [0.3, 0.4) is 0 Å². The molecule has 1 N–H and O–H groups in total. The van der Waals surface area contributed by atoms with Crippen LogP contribution in [0.2, 0.25) is 0 Å². The van der Waals surface area contributed by atoms with Gasteiger partial charge in [-0.2, -0.15) is 5.26 Å². The van der Waals surface area contributed by atoms with Crippen LogP contribution in [-0.2, 0) is 4.74 Å². The first-order chi connectivity index (χ1) is 8.73. The fourth-order valence-electron chi connectivity index (χ4n) is 3.36. The molecule has 0 bridgehead atoms. The summed E-state index contributed by atoms with van der Waals surface area (Å²) in [6.45, 7) is 5.14. The summed E-state index contributed by atoms with van der Waals surface area (Å²) in [5.41, 5.74) is -0.276. The molecule has 1 saturated heterocycles. The van der Waals surface area contributed by atoms with Crippen molar-refractivity contribution in [2.45, 2.75) is 56.7 Å². The van der Waals surface area contributed by atoms with Crippen molar-refractivity contribution >= 4 is 0 Å². The van der Waals surface area contributed by atoms with Crippen LogP contribution in [-0.4, -0.2) is 49.3 Å². The number of rotatable bonds is 4. The minimum atomic E-state index is -0.276. The molecule has 0 aromatic rings. The van der Waals surface area contributed by atoms with E-state index in [1.807, 2.05) is 7.05 Å². The van der Waals surface area contributed by atoms with Crippen LogP contribution in [0, 0.1) is 11.3 Å². The molecule has 1 saturated carbocycles. The quantitative estimate of drug-likeness (QED) is 0.823. The molecule has 18 heavy (non-hydrogen) atoms. The normalized spacial score (nSPS) is 34.6.